The van der Waals surface area contributed by atoms with Gasteiger partial charge in [0.15, 0.2) is 5.65 Å². The molecule has 2 aromatic rings. The summed E-state index contributed by atoms with van der Waals surface area (Å²) in [4.78, 5) is 15.7. The van der Waals surface area contributed by atoms with Gasteiger partial charge >= 0.3 is 6.18 Å². The highest BCUT2D eigenvalue weighted by Crippen LogP contribution is 2.36. The number of hydrogen-bond donors (Lipinski definition) is 1. The van der Waals surface area contributed by atoms with E-state index in [4.69, 9.17) is 0 Å². The van der Waals surface area contributed by atoms with Gasteiger partial charge < -0.3 is 5.32 Å². The SMILES string of the molecule is CC(NC1(C)CCC1)c1cc(C(F)(F)F)c2nccc(=O)n2c1. The minimum atomic E-state index is -4.57. The van der Waals surface area contributed by atoms with Gasteiger partial charge in [-0.25, -0.2) is 4.98 Å². The second-order valence-electron chi connectivity index (χ2n) is 6.44. The lowest BCUT2D eigenvalue weighted by atomic mass is 9.78. The van der Waals surface area contributed by atoms with Crippen molar-refractivity contribution in [3.05, 3.63) is 46.0 Å². The van der Waals surface area contributed by atoms with E-state index in [-0.39, 0.29) is 17.2 Å². The molecule has 3 rings (SSSR count). The van der Waals surface area contributed by atoms with Crippen LogP contribution in [0.4, 0.5) is 13.2 Å². The molecule has 0 radical (unpaired) electrons. The molecule has 7 heteroatoms. The van der Waals surface area contributed by atoms with Crippen LogP contribution in [-0.2, 0) is 6.18 Å². The molecule has 1 N–H and O–H groups in total. The van der Waals surface area contributed by atoms with Crippen LogP contribution in [-0.4, -0.2) is 14.9 Å². The molecule has 2 heterocycles. The van der Waals surface area contributed by atoms with E-state index in [1.165, 1.54) is 6.20 Å². The van der Waals surface area contributed by atoms with Crippen molar-refractivity contribution < 1.29 is 13.2 Å². The number of hydrogen-bond acceptors (Lipinski definition) is 3. The zero-order valence-corrected chi connectivity index (χ0v) is 12.9. The van der Waals surface area contributed by atoms with Gasteiger partial charge in [0.25, 0.3) is 5.56 Å². The van der Waals surface area contributed by atoms with Gasteiger partial charge in [-0.2, -0.15) is 13.2 Å². The van der Waals surface area contributed by atoms with E-state index in [0.29, 0.717) is 5.56 Å². The van der Waals surface area contributed by atoms with Crippen molar-refractivity contribution in [3.8, 4) is 0 Å². The highest BCUT2D eigenvalue weighted by Gasteiger charge is 2.36. The summed E-state index contributed by atoms with van der Waals surface area (Å²) in [6.45, 7) is 3.87. The highest BCUT2D eigenvalue weighted by atomic mass is 19.4. The monoisotopic (exact) mass is 325 g/mol. The Bertz CT molecular complexity index is 793. The normalized spacial score (nSPS) is 18.7. The largest absolute Gasteiger partial charge is 0.419 e. The first-order valence-corrected chi connectivity index (χ1v) is 7.56. The third-order valence-corrected chi connectivity index (χ3v) is 4.54. The Morgan fingerprint density at radius 1 is 1.39 bits per heavy atom. The van der Waals surface area contributed by atoms with Crippen LogP contribution in [0.1, 0.15) is 50.3 Å². The van der Waals surface area contributed by atoms with Gasteiger partial charge in [-0.3, -0.25) is 9.20 Å². The van der Waals surface area contributed by atoms with Crippen LogP contribution in [0.25, 0.3) is 5.65 Å². The summed E-state index contributed by atoms with van der Waals surface area (Å²) in [6, 6.07) is 1.95. The van der Waals surface area contributed by atoms with Gasteiger partial charge in [0, 0.05) is 30.0 Å². The molecule has 1 unspecified atom stereocenters. The van der Waals surface area contributed by atoms with E-state index in [1.54, 1.807) is 0 Å². The average molecular weight is 325 g/mol. The van der Waals surface area contributed by atoms with Crippen LogP contribution in [0.5, 0.6) is 0 Å². The van der Waals surface area contributed by atoms with Crippen LogP contribution in [0.2, 0.25) is 0 Å². The summed E-state index contributed by atoms with van der Waals surface area (Å²) in [6.07, 6.45) is 1.09. The molecular formula is C16H18F3N3O. The Morgan fingerprint density at radius 2 is 2.09 bits per heavy atom. The summed E-state index contributed by atoms with van der Waals surface area (Å²) in [5.74, 6) is 0. The molecule has 0 aliphatic heterocycles. The maximum absolute atomic E-state index is 13.3. The zero-order chi connectivity index (χ0) is 16.8. The predicted molar refractivity (Wildman–Crippen MR) is 80.3 cm³/mol. The van der Waals surface area contributed by atoms with Crippen molar-refractivity contribution in [1.29, 1.82) is 0 Å². The Morgan fingerprint density at radius 3 is 2.65 bits per heavy atom. The average Bonchev–Trinajstić information content (AvgIpc) is 2.44. The number of nitrogens with zero attached hydrogens (tertiary/aromatic N) is 2. The lowest BCUT2D eigenvalue weighted by molar-refractivity contribution is -0.136. The third kappa shape index (κ3) is 2.97. The van der Waals surface area contributed by atoms with E-state index >= 15 is 0 Å². The molecule has 1 aliphatic rings. The van der Waals surface area contributed by atoms with E-state index in [2.05, 4.69) is 17.2 Å². The summed E-state index contributed by atoms with van der Waals surface area (Å²) in [7, 11) is 0. The number of rotatable bonds is 3. The van der Waals surface area contributed by atoms with E-state index in [0.717, 1.165) is 42.0 Å². The summed E-state index contributed by atoms with van der Waals surface area (Å²) in [5, 5.41) is 3.37. The van der Waals surface area contributed by atoms with Crippen LogP contribution < -0.4 is 10.9 Å². The van der Waals surface area contributed by atoms with Crippen LogP contribution >= 0.6 is 0 Å². The first kappa shape index (κ1) is 16.0. The predicted octanol–water partition coefficient (Wildman–Crippen LogP) is 3.31. The van der Waals surface area contributed by atoms with Gasteiger partial charge in [0.1, 0.15) is 0 Å². The summed E-state index contributed by atoms with van der Waals surface area (Å²) >= 11 is 0. The Kier molecular flexibility index (Phi) is 3.71. The first-order valence-electron chi connectivity index (χ1n) is 7.56. The highest BCUT2D eigenvalue weighted by molar-refractivity contribution is 5.51. The van der Waals surface area contributed by atoms with Crippen LogP contribution in [0.3, 0.4) is 0 Å². The number of fused-ring (bicyclic) bond motifs is 1. The van der Waals surface area contributed by atoms with Gasteiger partial charge in [-0.1, -0.05) is 0 Å². The zero-order valence-electron chi connectivity index (χ0n) is 12.9. The molecule has 23 heavy (non-hydrogen) atoms. The molecule has 1 aliphatic carbocycles. The first-order chi connectivity index (χ1) is 10.7. The minimum Gasteiger partial charge on any atom is -0.305 e. The molecule has 124 valence electrons. The van der Waals surface area contributed by atoms with Crippen molar-refractivity contribution in [2.24, 2.45) is 0 Å². The lowest BCUT2D eigenvalue weighted by Crippen LogP contribution is -2.49. The van der Waals surface area contributed by atoms with E-state index < -0.39 is 17.3 Å². The van der Waals surface area contributed by atoms with Crippen molar-refractivity contribution in [1.82, 2.24) is 14.7 Å². The Balaban J connectivity index is 2.10. The fraction of sp³-hybridized carbons (Fsp3) is 0.500. The van der Waals surface area contributed by atoms with E-state index in [1.807, 2.05) is 6.92 Å². The molecule has 1 fully saturated rings. The lowest BCUT2D eigenvalue weighted by Gasteiger charge is -2.41. The number of nitrogens with one attached hydrogen (secondary N) is 1. The maximum Gasteiger partial charge on any atom is 0.419 e. The fourth-order valence-electron chi connectivity index (χ4n) is 3.06. The minimum absolute atomic E-state index is 0.0489. The molecule has 1 saturated carbocycles. The standard InChI is InChI=1S/C16H18F3N3O/c1-10(21-15(2)5-3-6-15)11-8-12(16(17,18)19)14-20-7-4-13(23)22(14)9-11/h4,7-10,21H,3,5-6H2,1-2H3. The maximum atomic E-state index is 13.3. The molecule has 0 aromatic carbocycles. The van der Waals surface area contributed by atoms with Crippen molar-refractivity contribution in [2.45, 2.75) is 50.9 Å². The topological polar surface area (TPSA) is 46.4 Å². The molecule has 4 nitrogen and oxygen atoms in total. The molecular weight excluding hydrogens is 307 g/mol. The molecule has 0 amide bonds. The van der Waals surface area contributed by atoms with Crippen LogP contribution in [0.15, 0.2) is 29.3 Å². The summed E-state index contributed by atoms with van der Waals surface area (Å²) in [5.41, 5.74) is -1.40. The van der Waals surface area contributed by atoms with E-state index in [9.17, 15) is 18.0 Å². The fourth-order valence-corrected chi connectivity index (χ4v) is 3.06. The van der Waals surface area contributed by atoms with Gasteiger partial charge in [0.2, 0.25) is 0 Å². The quantitative estimate of drug-likeness (QED) is 0.942. The van der Waals surface area contributed by atoms with Crippen molar-refractivity contribution >= 4 is 5.65 Å². The van der Waals surface area contributed by atoms with Crippen molar-refractivity contribution in [3.63, 3.8) is 0 Å². The molecule has 1 atom stereocenters. The molecule has 0 spiro atoms. The number of aromatic nitrogens is 2. The second kappa shape index (κ2) is 5.33. The molecule has 0 bridgehead atoms. The molecule has 2 aromatic heterocycles. The third-order valence-electron chi connectivity index (χ3n) is 4.54. The van der Waals surface area contributed by atoms with Gasteiger partial charge in [-0.15, -0.1) is 0 Å². The Hall–Kier alpha value is -1.89. The van der Waals surface area contributed by atoms with Crippen LogP contribution in [0, 0.1) is 0 Å². The number of halogens is 3. The number of pyridine rings is 1. The second-order valence-corrected chi connectivity index (χ2v) is 6.44. The van der Waals surface area contributed by atoms with Crippen molar-refractivity contribution in [2.75, 3.05) is 0 Å². The Labute approximate surface area is 131 Å². The smallest absolute Gasteiger partial charge is 0.305 e. The van der Waals surface area contributed by atoms with Gasteiger partial charge in [-0.05, 0) is 44.7 Å². The van der Waals surface area contributed by atoms with Gasteiger partial charge in [0.05, 0.1) is 5.56 Å². The summed E-state index contributed by atoms with van der Waals surface area (Å²) < 4.78 is 41.0. The number of alkyl halides is 3. The molecule has 0 saturated heterocycles.